The average molecular weight is 580 g/mol. The third kappa shape index (κ3) is 6.01. The van der Waals surface area contributed by atoms with E-state index in [9.17, 15) is 24.4 Å². The van der Waals surface area contributed by atoms with E-state index in [1.54, 1.807) is 54.6 Å². The molecule has 2 N–H and O–H groups in total. The molecule has 10 heteroatoms. The van der Waals surface area contributed by atoms with Crippen LogP contribution in [0.4, 0.5) is 5.69 Å². The summed E-state index contributed by atoms with van der Waals surface area (Å²) >= 11 is 0. The van der Waals surface area contributed by atoms with Crippen molar-refractivity contribution in [2.75, 3.05) is 19.1 Å². The molecule has 10 nitrogen and oxygen atoms in total. The molecule has 2 atom stereocenters. The van der Waals surface area contributed by atoms with Crippen LogP contribution in [0.15, 0.2) is 102 Å². The second-order valence-corrected chi connectivity index (χ2v) is 9.66. The monoisotopic (exact) mass is 579 g/mol. The Bertz CT molecular complexity index is 1670. The summed E-state index contributed by atoms with van der Waals surface area (Å²) in [6, 6.07) is 23.4. The van der Waals surface area contributed by atoms with Gasteiger partial charge < -0.3 is 19.9 Å². The zero-order chi connectivity index (χ0) is 31.3. The highest BCUT2D eigenvalue weighted by Crippen LogP contribution is 2.43. The fourth-order valence-electron chi connectivity index (χ4n) is 4.76. The Kier molecular flexibility index (Phi) is 9.06. The maximum atomic E-state index is 13.2. The molecule has 4 rings (SSSR count). The molecule has 0 saturated heterocycles. The minimum atomic E-state index is -1.04. The highest BCUT2D eigenvalue weighted by atomic mass is 16.5. The number of Topliss-reactive ketones (excluding diaryl/α,β-unsaturated/α-hetero) is 1. The number of anilines is 1. The van der Waals surface area contributed by atoms with E-state index in [1.807, 2.05) is 6.92 Å². The van der Waals surface area contributed by atoms with Crippen LogP contribution in [0.25, 0.3) is 0 Å². The first-order valence-electron chi connectivity index (χ1n) is 13.2. The minimum Gasteiger partial charge on any atom is -0.466 e. The second-order valence-electron chi connectivity index (χ2n) is 9.66. The van der Waals surface area contributed by atoms with Gasteiger partial charge in [-0.15, -0.1) is 0 Å². The van der Waals surface area contributed by atoms with E-state index in [0.29, 0.717) is 11.1 Å². The number of nitriles is 1. The molecule has 0 amide bonds. The van der Waals surface area contributed by atoms with Gasteiger partial charge in [0.15, 0.2) is 6.10 Å². The number of hydrogen-bond acceptors (Lipinski definition) is 10. The van der Waals surface area contributed by atoms with Gasteiger partial charge in [-0.3, -0.25) is 9.69 Å². The van der Waals surface area contributed by atoms with Crippen molar-refractivity contribution in [2.45, 2.75) is 25.9 Å². The van der Waals surface area contributed by atoms with E-state index in [1.165, 1.54) is 36.1 Å². The molecule has 0 spiro atoms. The Balaban J connectivity index is 1.72. The van der Waals surface area contributed by atoms with Crippen LogP contribution >= 0.6 is 0 Å². The average Bonchev–Trinajstić information content (AvgIpc) is 3.03. The van der Waals surface area contributed by atoms with Gasteiger partial charge in [0.05, 0.1) is 42.9 Å². The number of ether oxygens (including phenoxy) is 3. The van der Waals surface area contributed by atoms with Crippen molar-refractivity contribution >= 4 is 29.4 Å². The number of aryl methyl sites for hydroxylation is 1. The Morgan fingerprint density at radius 2 is 1.42 bits per heavy atom. The first-order valence-corrected chi connectivity index (χ1v) is 13.2. The molecule has 0 bridgehead atoms. The van der Waals surface area contributed by atoms with Crippen LogP contribution in [0.1, 0.15) is 44.7 Å². The van der Waals surface area contributed by atoms with Crippen molar-refractivity contribution in [1.82, 2.24) is 0 Å². The van der Waals surface area contributed by atoms with Crippen LogP contribution in [0.5, 0.6) is 0 Å². The number of allylic oxidation sites excluding steroid dienone is 1. The number of nitrogens with two attached hydrogens (primary N) is 1. The molecule has 0 fully saturated rings. The summed E-state index contributed by atoms with van der Waals surface area (Å²) in [5.74, 6) is -3.97. The van der Waals surface area contributed by atoms with E-state index < -0.39 is 29.9 Å². The highest BCUT2D eigenvalue weighted by Gasteiger charge is 2.43. The van der Waals surface area contributed by atoms with Gasteiger partial charge in [-0.1, -0.05) is 60.2 Å². The van der Waals surface area contributed by atoms with Gasteiger partial charge in [-0.2, -0.15) is 5.26 Å². The van der Waals surface area contributed by atoms with Crippen LogP contribution < -0.4 is 10.6 Å². The lowest BCUT2D eigenvalue weighted by Gasteiger charge is -2.35. The highest BCUT2D eigenvalue weighted by molar-refractivity contribution is 6.06. The standard InChI is InChI=1S/C33H29N3O7/c1-19-10-12-22(13-11-19)29(37)20(2)43-31(38)23-14-16-24(17-15-23)36-28(33(40)42-4)27(32(39)41-3)26(25(18-34)30(36)35)21-8-6-5-7-9-21/h5-17,20,26H,35H2,1-4H3. The molecule has 0 aliphatic carbocycles. The van der Waals surface area contributed by atoms with E-state index in [-0.39, 0.29) is 39.7 Å². The molecule has 218 valence electrons. The topological polar surface area (TPSA) is 149 Å². The normalized spacial score (nSPS) is 15.3. The number of carbonyl (C=O) groups is 4. The lowest BCUT2D eigenvalue weighted by atomic mass is 9.81. The Labute approximate surface area is 248 Å². The lowest BCUT2D eigenvalue weighted by Crippen LogP contribution is -2.40. The van der Waals surface area contributed by atoms with Crippen LogP contribution in [0.3, 0.4) is 0 Å². The first kappa shape index (κ1) is 30.3. The predicted molar refractivity (Wildman–Crippen MR) is 156 cm³/mol. The van der Waals surface area contributed by atoms with E-state index >= 15 is 0 Å². The largest absolute Gasteiger partial charge is 0.466 e. The fraction of sp³-hybridized carbons (Fsp3) is 0.182. The fourth-order valence-corrected chi connectivity index (χ4v) is 4.76. The van der Waals surface area contributed by atoms with Gasteiger partial charge in [-0.05, 0) is 43.7 Å². The van der Waals surface area contributed by atoms with Crippen molar-refractivity contribution in [3.05, 3.63) is 124 Å². The summed E-state index contributed by atoms with van der Waals surface area (Å²) in [4.78, 5) is 53.2. The van der Waals surface area contributed by atoms with Gasteiger partial charge >= 0.3 is 17.9 Å². The number of benzene rings is 3. The smallest absolute Gasteiger partial charge is 0.355 e. The minimum absolute atomic E-state index is 0.00572. The lowest BCUT2D eigenvalue weighted by molar-refractivity contribution is -0.139. The number of methoxy groups -OCH3 is 2. The van der Waals surface area contributed by atoms with E-state index in [0.717, 1.165) is 19.8 Å². The molecule has 1 heterocycles. The number of rotatable bonds is 8. The number of hydrogen-bond donors (Lipinski definition) is 1. The first-order chi connectivity index (χ1) is 20.6. The maximum Gasteiger partial charge on any atom is 0.355 e. The number of nitrogens with zero attached hydrogens (tertiary/aromatic N) is 2. The molecule has 3 aromatic rings. The molecule has 2 unspecified atom stereocenters. The van der Waals surface area contributed by atoms with Crippen LogP contribution in [0.2, 0.25) is 0 Å². The molecule has 0 saturated carbocycles. The van der Waals surface area contributed by atoms with Gasteiger partial charge in [0, 0.05) is 11.3 Å². The molecular formula is C33H29N3O7. The summed E-state index contributed by atoms with van der Waals surface area (Å²) < 4.78 is 15.5. The molecule has 43 heavy (non-hydrogen) atoms. The van der Waals surface area contributed by atoms with Crippen LogP contribution in [-0.4, -0.2) is 44.0 Å². The Morgan fingerprint density at radius 1 is 0.837 bits per heavy atom. The van der Waals surface area contributed by atoms with Crippen molar-refractivity contribution in [3.63, 3.8) is 0 Å². The Hall–Kier alpha value is -5.69. The zero-order valence-electron chi connectivity index (χ0n) is 24.0. The molecular weight excluding hydrogens is 550 g/mol. The van der Waals surface area contributed by atoms with Gasteiger partial charge in [0.25, 0.3) is 0 Å². The van der Waals surface area contributed by atoms with Gasteiger partial charge in [-0.25, -0.2) is 14.4 Å². The van der Waals surface area contributed by atoms with Crippen molar-refractivity contribution in [1.29, 1.82) is 5.26 Å². The third-order valence-electron chi connectivity index (χ3n) is 6.96. The molecule has 0 aromatic heterocycles. The maximum absolute atomic E-state index is 13.2. The van der Waals surface area contributed by atoms with Crippen molar-refractivity contribution < 1.29 is 33.4 Å². The quantitative estimate of drug-likeness (QED) is 0.232. The second kappa shape index (κ2) is 12.9. The molecule has 0 radical (unpaired) electrons. The summed E-state index contributed by atoms with van der Waals surface area (Å²) in [5.41, 5.74) is 8.44. The zero-order valence-corrected chi connectivity index (χ0v) is 24.0. The summed E-state index contributed by atoms with van der Waals surface area (Å²) in [6.45, 7) is 3.39. The number of esters is 3. The molecule has 1 aliphatic heterocycles. The van der Waals surface area contributed by atoms with E-state index in [4.69, 9.17) is 19.9 Å². The van der Waals surface area contributed by atoms with Crippen LogP contribution in [0, 0.1) is 18.3 Å². The molecule has 1 aliphatic rings. The number of carbonyl (C=O) groups excluding carboxylic acids is 4. The van der Waals surface area contributed by atoms with Gasteiger partial charge in [0.2, 0.25) is 5.78 Å². The van der Waals surface area contributed by atoms with Crippen LogP contribution in [-0.2, 0) is 23.8 Å². The molecule has 3 aromatic carbocycles. The summed E-state index contributed by atoms with van der Waals surface area (Å²) in [5, 5.41) is 10.2. The Morgan fingerprint density at radius 3 is 1.98 bits per heavy atom. The third-order valence-corrected chi connectivity index (χ3v) is 6.96. The summed E-state index contributed by atoms with van der Waals surface area (Å²) in [7, 11) is 2.31. The summed E-state index contributed by atoms with van der Waals surface area (Å²) in [6.07, 6.45) is -1.04. The van der Waals surface area contributed by atoms with Crippen molar-refractivity contribution in [3.8, 4) is 6.07 Å². The number of ketones is 1. The van der Waals surface area contributed by atoms with E-state index in [2.05, 4.69) is 6.07 Å². The van der Waals surface area contributed by atoms with Gasteiger partial charge in [0.1, 0.15) is 11.5 Å². The SMILES string of the molecule is COC(=O)C1=C(C(=O)OC)N(c2ccc(C(=O)OC(C)C(=O)c3ccc(C)cc3)cc2)C(N)=C(C#N)C1c1ccccc1. The van der Waals surface area contributed by atoms with Crippen molar-refractivity contribution in [2.24, 2.45) is 5.73 Å². The predicted octanol–water partition coefficient (Wildman–Crippen LogP) is 4.32.